The highest BCUT2D eigenvalue weighted by Gasteiger charge is 1.97. The number of hydrogen-bond donors (Lipinski definition) is 0. The van der Waals surface area contributed by atoms with E-state index in [2.05, 4.69) is 6.07 Å². The van der Waals surface area contributed by atoms with Crippen LogP contribution in [0.3, 0.4) is 0 Å². The third kappa shape index (κ3) is 4.61. The van der Waals surface area contributed by atoms with Gasteiger partial charge in [-0.05, 0) is 38.0 Å². The van der Waals surface area contributed by atoms with Crippen LogP contribution >= 0.6 is 0 Å². The lowest BCUT2D eigenvalue weighted by atomic mass is 10.2. The normalized spacial score (nSPS) is 9.50. The molecule has 0 spiro atoms. The zero-order valence-electron chi connectivity index (χ0n) is 9.40. The van der Waals surface area contributed by atoms with E-state index in [1.165, 1.54) is 0 Å². The molecule has 0 aliphatic rings. The van der Waals surface area contributed by atoms with Crippen LogP contribution in [0, 0.1) is 11.3 Å². The van der Waals surface area contributed by atoms with Crippen LogP contribution in [0.15, 0.2) is 24.3 Å². The van der Waals surface area contributed by atoms with Crippen molar-refractivity contribution in [2.75, 3.05) is 6.61 Å². The van der Waals surface area contributed by atoms with Gasteiger partial charge in [0.05, 0.1) is 18.2 Å². The van der Waals surface area contributed by atoms with Crippen LogP contribution in [-0.2, 0) is 4.79 Å². The highest BCUT2D eigenvalue weighted by molar-refractivity contribution is 5.75. The van der Waals surface area contributed by atoms with Gasteiger partial charge in [0.1, 0.15) is 11.5 Å². The summed E-state index contributed by atoms with van der Waals surface area (Å²) in [6.45, 7) is 2.18. The van der Waals surface area contributed by atoms with Crippen molar-refractivity contribution in [1.29, 1.82) is 5.26 Å². The van der Waals surface area contributed by atoms with Gasteiger partial charge in [-0.15, -0.1) is 0 Å². The minimum Gasteiger partial charge on any atom is -0.494 e. The lowest BCUT2D eigenvalue weighted by molar-refractivity contribution is -0.117. The maximum absolute atomic E-state index is 10.7. The maximum Gasteiger partial charge on any atom is 0.129 e. The smallest absolute Gasteiger partial charge is 0.129 e. The number of ketones is 1. The van der Waals surface area contributed by atoms with E-state index in [1.54, 1.807) is 25.1 Å². The molecule has 0 atom stereocenters. The zero-order valence-corrected chi connectivity index (χ0v) is 9.40. The lowest BCUT2D eigenvalue weighted by Gasteiger charge is -2.05. The first-order valence-electron chi connectivity index (χ1n) is 5.35. The molecule has 0 saturated carbocycles. The molecule has 0 radical (unpaired) electrons. The fourth-order valence-corrected chi connectivity index (χ4v) is 1.32. The summed E-state index contributed by atoms with van der Waals surface area (Å²) in [7, 11) is 0. The lowest BCUT2D eigenvalue weighted by Crippen LogP contribution is -1.99. The third-order valence-corrected chi connectivity index (χ3v) is 2.16. The molecule has 1 rings (SSSR count). The van der Waals surface area contributed by atoms with Gasteiger partial charge in [0, 0.05) is 6.42 Å². The van der Waals surface area contributed by atoms with Crippen molar-refractivity contribution in [2.24, 2.45) is 0 Å². The summed E-state index contributed by atoms with van der Waals surface area (Å²) in [6.07, 6.45) is 2.32. The van der Waals surface area contributed by atoms with Gasteiger partial charge in [-0.3, -0.25) is 0 Å². The Hall–Kier alpha value is -1.82. The summed E-state index contributed by atoms with van der Waals surface area (Å²) >= 11 is 0. The van der Waals surface area contributed by atoms with E-state index in [9.17, 15) is 4.79 Å². The van der Waals surface area contributed by atoms with Crippen molar-refractivity contribution in [3.63, 3.8) is 0 Å². The minimum atomic E-state index is 0.214. The van der Waals surface area contributed by atoms with E-state index in [4.69, 9.17) is 10.00 Å². The van der Waals surface area contributed by atoms with Crippen molar-refractivity contribution < 1.29 is 9.53 Å². The highest BCUT2D eigenvalue weighted by Crippen LogP contribution is 2.13. The second-order valence-corrected chi connectivity index (χ2v) is 3.65. The molecule has 0 heterocycles. The number of carbonyl (C=O) groups excluding carboxylic acids is 1. The second-order valence-electron chi connectivity index (χ2n) is 3.65. The Morgan fingerprint density at radius 3 is 2.94 bits per heavy atom. The number of nitriles is 1. The molecule has 1 aromatic carbocycles. The van der Waals surface area contributed by atoms with Crippen LogP contribution in [0.4, 0.5) is 0 Å². The Morgan fingerprint density at radius 1 is 1.44 bits per heavy atom. The first-order chi connectivity index (χ1) is 7.72. The van der Waals surface area contributed by atoms with Crippen LogP contribution in [0.5, 0.6) is 5.75 Å². The quantitative estimate of drug-likeness (QED) is 0.688. The first kappa shape index (κ1) is 12.3. The van der Waals surface area contributed by atoms with Gasteiger partial charge in [-0.25, -0.2) is 0 Å². The van der Waals surface area contributed by atoms with Gasteiger partial charge in [0.15, 0.2) is 0 Å². The number of carbonyl (C=O) groups is 1. The van der Waals surface area contributed by atoms with Gasteiger partial charge in [0.2, 0.25) is 0 Å². The van der Waals surface area contributed by atoms with Crippen LogP contribution in [0.25, 0.3) is 0 Å². The minimum absolute atomic E-state index is 0.214. The molecular weight excluding hydrogens is 202 g/mol. The number of nitrogens with zero attached hydrogens (tertiary/aromatic N) is 1. The van der Waals surface area contributed by atoms with Crippen molar-refractivity contribution in [1.82, 2.24) is 0 Å². The van der Waals surface area contributed by atoms with Crippen molar-refractivity contribution in [3.8, 4) is 11.8 Å². The van der Waals surface area contributed by atoms with Gasteiger partial charge in [0.25, 0.3) is 0 Å². The van der Waals surface area contributed by atoms with Gasteiger partial charge < -0.3 is 9.53 Å². The van der Waals surface area contributed by atoms with E-state index < -0.39 is 0 Å². The molecule has 1 aromatic rings. The summed E-state index contributed by atoms with van der Waals surface area (Å²) in [5, 5.41) is 8.69. The molecule has 0 unspecified atom stereocenters. The monoisotopic (exact) mass is 217 g/mol. The third-order valence-electron chi connectivity index (χ3n) is 2.16. The van der Waals surface area contributed by atoms with Crippen LogP contribution < -0.4 is 4.74 Å². The Balaban J connectivity index is 2.27. The number of unbranched alkanes of at least 4 members (excludes halogenated alkanes) is 1. The number of rotatable bonds is 6. The van der Waals surface area contributed by atoms with E-state index in [0.29, 0.717) is 24.3 Å². The molecule has 0 aliphatic carbocycles. The van der Waals surface area contributed by atoms with Gasteiger partial charge in [-0.1, -0.05) is 6.07 Å². The molecule has 84 valence electrons. The van der Waals surface area contributed by atoms with E-state index in [0.717, 1.165) is 12.8 Å². The fraction of sp³-hybridized carbons (Fsp3) is 0.385. The molecule has 0 bridgehead atoms. The molecular formula is C13H15NO2. The van der Waals surface area contributed by atoms with Crippen LogP contribution in [0.1, 0.15) is 31.7 Å². The summed E-state index contributed by atoms with van der Waals surface area (Å²) in [5.41, 5.74) is 0.598. The number of ether oxygens (including phenoxy) is 1. The Morgan fingerprint density at radius 2 is 2.25 bits per heavy atom. The summed E-state index contributed by atoms with van der Waals surface area (Å²) in [5.74, 6) is 0.924. The van der Waals surface area contributed by atoms with E-state index >= 15 is 0 Å². The molecule has 16 heavy (non-hydrogen) atoms. The molecule has 3 heteroatoms. The number of benzene rings is 1. The molecule has 0 aliphatic heterocycles. The molecule has 0 N–H and O–H groups in total. The summed E-state index contributed by atoms with van der Waals surface area (Å²) < 4.78 is 5.47. The summed E-state index contributed by atoms with van der Waals surface area (Å²) in [4.78, 5) is 10.7. The molecule has 3 nitrogen and oxygen atoms in total. The number of hydrogen-bond acceptors (Lipinski definition) is 3. The van der Waals surface area contributed by atoms with Crippen molar-refractivity contribution in [2.45, 2.75) is 26.2 Å². The molecule has 0 saturated heterocycles. The zero-order chi connectivity index (χ0) is 11.8. The average Bonchev–Trinajstić information content (AvgIpc) is 2.28. The molecule has 0 aromatic heterocycles. The average molecular weight is 217 g/mol. The van der Waals surface area contributed by atoms with E-state index in [-0.39, 0.29) is 5.78 Å². The molecule has 0 fully saturated rings. The first-order valence-corrected chi connectivity index (χ1v) is 5.35. The standard InChI is InChI=1S/C13H15NO2/c1-11(15)5-2-3-8-16-13-7-4-6-12(9-13)10-14/h4,6-7,9H,2-3,5,8H2,1H3. The van der Waals surface area contributed by atoms with Gasteiger partial charge >= 0.3 is 0 Å². The Labute approximate surface area is 95.7 Å². The maximum atomic E-state index is 10.7. The Kier molecular flexibility index (Phi) is 5.07. The largest absolute Gasteiger partial charge is 0.494 e. The van der Waals surface area contributed by atoms with Gasteiger partial charge in [-0.2, -0.15) is 5.26 Å². The van der Waals surface area contributed by atoms with E-state index in [1.807, 2.05) is 6.07 Å². The summed E-state index contributed by atoms with van der Waals surface area (Å²) in [6, 6.07) is 9.13. The SMILES string of the molecule is CC(=O)CCCCOc1cccc(C#N)c1. The van der Waals surface area contributed by atoms with Crippen LogP contribution in [0.2, 0.25) is 0 Å². The predicted molar refractivity (Wildman–Crippen MR) is 61.2 cm³/mol. The highest BCUT2D eigenvalue weighted by atomic mass is 16.5. The van der Waals surface area contributed by atoms with Crippen LogP contribution in [-0.4, -0.2) is 12.4 Å². The predicted octanol–water partition coefficient (Wildman–Crippen LogP) is 2.70. The van der Waals surface area contributed by atoms with Crippen molar-refractivity contribution in [3.05, 3.63) is 29.8 Å². The fourth-order valence-electron chi connectivity index (χ4n) is 1.32. The molecule has 0 amide bonds. The number of Topliss-reactive ketones (excluding diaryl/α,β-unsaturated/α-hetero) is 1. The Bertz CT molecular complexity index is 393. The van der Waals surface area contributed by atoms with Crippen molar-refractivity contribution >= 4 is 5.78 Å². The topological polar surface area (TPSA) is 50.1 Å². The second kappa shape index (κ2) is 6.62.